The monoisotopic (exact) mass is 170 g/mol. The molecule has 6 heteroatoms. The number of halogens is 3. The van der Waals surface area contributed by atoms with Gasteiger partial charge in [0.15, 0.2) is 0 Å². The van der Waals surface area contributed by atoms with Crippen LogP contribution in [0.15, 0.2) is 0 Å². The Hall–Kier alpha value is -0.780. The molecule has 64 valence electrons. The number of carbonyl (C=O) groups is 1. The van der Waals surface area contributed by atoms with Crippen molar-refractivity contribution in [3.63, 3.8) is 0 Å². The molecule has 1 saturated heterocycles. The van der Waals surface area contributed by atoms with Crippen LogP contribution in [0.1, 0.15) is 0 Å². The van der Waals surface area contributed by atoms with E-state index in [1.807, 2.05) is 0 Å². The minimum Gasteiger partial charge on any atom is -0.467 e. The summed E-state index contributed by atoms with van der Waals surface area (Å²) in [5.74, 6) is -1.38. The van der Waals surface area contributed by atoms with E-state index in [1.165, 1.54) is 0 Å². The molecule has 0 bridgehead atoms. The highest BCUT2D eigenvalue weighted by atomic mass is 19.4. The number of rotatable bonds is 1. The summed E-state index contributed by atoms with van der Waals surface area (Å²) in [6.07, 6.45) is -4.67. The molecule has 0 radical (unpaired) electrons. The number of hydrogen-bond acceptors (Lipinski definition) is 3. The number of methoxy groups -OCH3 is 1. The lowest BCUT2D eigenvalue weighted by molar-refractivity contribution is -0.202. The summed E-state index contributed by atoms with van der Waals surface area (Å²) in [5.41, 5.74) is -2.66. The zero-order valence-electron chi connectivity index (χ0n) is 5.57. The lowest BCUT2D eigenvalue weighted by atomic mass is 10.1. The van der Waals surface area contributed by atoms with Gasteiger partial charge in [-0.05, 0) is 0 Å². The van der Waals surface area contributed by atoms with Crippen LogP contribution in [0.3, 0.4) is 0 Å². The van der Waals surface area contributed by atoms with Gasteiger partial charge in [0.25, 0.3) is 5.60 Å². The van der Waals surface area contributed by atoms with E-state index in [4.69, 9.17) is 0 Å². The number of epoxide rings is 1. The van der Waals surface area contributed by atoms with Crippen molar-refractivity contribution in [3.05, 3.63) is 0 Å². The molecule has 0 unspecified atom stereocenters. The third-order valence-corrected chi connectivity index (χ3v) is 1.41. The molecule has 1 aliphatic heterocycles. The summed E-state index contributed by atoms with van der Waals surface area (Å²) < 4.78 is 43.7. The van der Waals surface area contributed by atoms with Crippen molar-refractivity contribution in [2.75, 3.05) is 13.7 Å². The van der Waals surface area contributed by atoms with E-state index >= 15 is 0 Å². The Balaban J connectivity index is 2.76. The first-order valence-corrected chi connectivity index (χ1v) is 2.73. The van der Waals surface area contributed by atoms with Gasteiger partial charge >= 0.3 is 12.1 Å². The summed E-state index contributed by atoms with van der Waals surface area (Å²) >= 11 is 0. The highest BCUT2D eigenvalue weighted by molar-refractivity contribution is 5.83. The van der Waals surface area contributed by atoms with Crippen LogP contribution in [0, 0.1) is 0 Å². The quantitative estimate of drug-likeness (QED) is 0.424. The summed E-state index contributed by atoms with van der Waals surface area (Å²) in [5, 5.41) is 0. The highest BCUT2D eigenvalue weighted by Crippen LogP contribution is 2.44. The van der Waals surface area contributed by atoms with E-state index in [9.17, 15) is 18.0 Å². The fourth-order valence-corrected chi connectivity index (χ4v) is 0.634. The van der Waals surface area contributed by atoms with Crippen molar-refractivity contribution in [1.82, 2.24) is 0 Å². The van der Waals surface area contributed by atoms with Crippen molar-refractivity contribution in [2.24, 2.45) is 0 Å². The lowest BCUT2D eigenvalue weighted by Gasteiger charge is -2.12. The third kappa shape index (κ3) is 1.07. The molecule has 3 nitrogen and oxygen atoms in total. The van der Waals surface area contributed by atoms with Gasteiger partial charge in [-0.3, -0.25) is 0 Å². The van der Waals surface area contributed by atoms with Crippen LogP contribution in [-0.4, -0.2) is 31.5 Å². The van der Waals surface area contributed by atoms with Crippen LogP contribution in [0.25, 0.3) is 0 Å². The van der Waals surface area contributed by atoms with Gasteiger partial charge in [0, 0.05) is 0 Å². The SMILES string of the molecule is COC(=O)[C@]1(C(F)(F)F)CO1. The molecular weight excluding hydrogens is 165 g/mol. The molecule has 0 aromatic carbocycles. The zero-order valence-corrected chi connectivity index (χ0v) is 5.57. The second-order valence-electron chi connectivity index (χ2n) is 2.11. The summed E-state index contributed by atoms with van der Waals surface area (Å²) in [7, 11) is 0.886. The van der Waals surface area contributed by atoms with Crippen LogP contribution >= 0.6 is 0 Å². The molecule has 1 aliphatic rings. The topological polar surface area (TPSA) is 38.8 Å². The molecule has 0 saturated carbocycles. The van der Waals surface area contributed by atoms with E-state index in [1.54, 1.807) is 0 Å². The molecule has 0 aliphatic carbocycles. The van der Waals surface area contributed by atoms with Crippen molar-refractivity contribution in [2.45, 2.75) is 11.8 Å². The maximum atomic E-state index is 11.9. The maximum Gasteiger partial charge on any atom is 0.430 e. The lowest BCUT2D eigenvalue weighted by Crippen LogP contribution is -2.41. The molecule has 11 heavy (non-hydrogen) atoms. The van der Waals surface area contributed by atoms with Gasteiger partial charge in [-0.25, -0.2) is 4.79 Å². The minimum absolute atomic E-state index is 0.636. The van der Waals surface area contributed by atoms with Crippen molar-refractivity contribution in [1.29, 1.82) is 0 Å². The molecule has 1 rings (SSSR count). The first-order chi connectivity index (χ1) is 4.94. The minimum atomic E-state index is -4.67. The van der Waals surface area contributed by atoms with Gasteiger partial charge in [0.1, 0.15) is 0 Å². The highest BCUT2D eigenvalue weighted by Gasteiger charge is 2.72. The number of carbonyl (C=O) groups excluding carboxylic acids is 1. The molecule has 0 aromatic heterocycles. The van der Waals surface area contributed by atoms with E-state index in [2.05, 4.69) is 9.47 Å². The second kappa shape index (κ2) is 2.10. The second-order valence-corrected chi connectivity index (χ2v) is 2.11. The van der Waals surface area contributed by atoms with Gasteiger partial charge in [-0.2, -0.15) is 13.2 Å². The molecule has 1 atom stereocenters. The molecule has 1 fully saturated rings. The smallest absolute Gasteiger partial charge is 0.430 e. The van der Waals surface area contributed by atoms with Gasteiger partial charge in [-0.1, -0.05) is 0 Å². The Labute approximate surface area is 60.1 Å². The van der Waals surface area contributed by atoms with E-state index in [-0.39, 0.29) is 0 Å². The third-order valence-electron chi connectivity index (χ3n) is 1.41. The Kier molecular flexibility index (Phi) is 1.59. The van der Waals surface area contributed by atoms with E-state index in [0.29, 0.717) is 0 Å². The number of ether oxygens (including phenoxy) is 2. The van der Waals surface area contributed by atoms with Gasteiger partial charge in [0.2, 0.25) is 0 Å². The molecule has 0 aromatic rings. The number of alkyl halides is 3. The summed E-state index contributed by atoms with van der Waals surface area (Å²) in [6.45, 7) is -0.636. The Morgan fingerprint density at radius 1 is 1.64 bits per heavy atom. The van der Waals surface area contributed by atoms with Crippen molar-refractivity contribution < 1.29 is 27.4 Å². The van der Waals surface area contributed by atoms with Crippen LogP contribution < -0.4 is 0 Å². The Bertz CT molecular complexity index is 182. The fourth-order valence-electron chi connectivity index (χ4n) is 0.634. The van der Waals surface area contributed by atoms with Gasteiger partial charge < -0.3 is 9.47 Å². The normalized spacial score (nSPS) is 29.8. The molecular formula is C5H5F3O3. The van der Waals surface area contributed by atoms with E-state index < -0.39 is 24.4 Å². The Morgan fingerprint density at radius 3 is 2.18 bits per heavy atom. The number of hydrogen-bond donors (Lipinski definition) is 0. The molecule has 0 N–H and O–H groups in total. The number of esters is 1. The van der Waals surface area contributed by atoms with Crippen LogP contribution in [0.5, 0.6) is 0 Å². The van der Waals surface area contributed by atoms with Crippen molar-refractivity contribution >= 4 is 5.97 Å². The fraction of sp³-hybridized carbons (Fsp3) is 0.800. The van der Waals surface area contributed by atoms with Crippen LogP contribution in [0.2, 0.25) is 0 Å². The molecule has 0 spiro atoms. The van der Waals surface area contributed by atoms with E-state index in [0.717, 1.165) is 7.11 Å². The van der Waals surface area contributed by atoms with Crippen LogP contribution in [-0.2, 0) is 14.3 Å². The Morgan fingerprint density at radius 2 is 2.09 bits per heavy atom. The van der Waals surface area contributed by atoms with Gasteiger partial charge in [0.05, 0.1) is 13.7 Å². The zero-order chi connectivity index (χ0) is 8.70. The first-order valence-electron chi connectivity index (χ1n) is 2.73. The average molecular weight is 170 g/mol. The van der Waals surface area contributed by atoms with Crippen LogP contribution in [0.4, 0.5) is 13.2 Å². The molecule has 1 heterocycles. The maximum absolute atomic E-state index is 11.9. The first kappa shape index (κ1) is 8.32. The summed E-state index contributed by atoms with van der Waals surface area (Å²) in [4.78, 5) is 10.5. The van der Waals surface area contributed by atoms with Crippen molar-refractivity contribution in [3.8, 4) is 0 Å². The van der Waals surface area contributed by atoms with Gasteiger partial charge in [-0.15, -0.1) is 0 Å². The summed E-state index contributed by atoms with van der Waals surface area (Å²) in [6, 6.07) is 0. The molecule has 0 amide bonds. The predicted molar refractivity (Wildman–Crippen MR) is 26.8 cm³/mol. The standard InChI is InChI=1S/C5H5F3O3/c1-10-3(9)4(2-11-4)5(6,7)8/h2H2,1H3/t4-/m0/s1. The predicted octanol–water partition coefficient (Wildman–Crippen LogP) is 0.491. The largest absolute Gasteiger partial charge is 0.467 e. The average Bonchev–Trinajstić information content (AvgIpc) is 2.63.